The van der Waals surface area contributed by atoms with Gasteiger partial charge in [-0.2, -0.15) is 0 Å². The van der Waals surface area contributed by atoms with Crippen LogP contribution in [0.25, 0.3) is 0 Å². The fraction of sp³-hybridized carbons (Fsp3) is 0.571. The van der Waals surface area contributed by atoms with Crippen molar-refractivity contribution in [3.63, 3.8) is 0 Å². The Morgan fingerprint density at radius 1 is 1.39 bits per heavy atom. The Morgan fingerprint density at radius 3 is 2.83 bits per heavy atom. The van der Waals surface area contributed by atoms with Crippen LogP contribution in [0.1, 0.15) is 25.3 Å². The average molecular weight is 376 g/mol. The lowest BCUT2D eigenvalue weighted by molar-refractivity contribution is 0.154. The van der Waals surface area contributed by atoms with Gasteiger partial charge >= 0.3 is 0 Å². The summed E-state index contributed by atoms with van der Waals surface area (Å²) in [7, 11) is 0. The summed E-state index contributed by atoms with van der Waals surface area (Å²) in [5.74, 6) is 0.651. The van der Waals surface area contributed by atoms with Crippen molar-refractivity contribution in [2.75, 3.05) is 13.1 Å². The monoisotopic (exact) mass is 374 g/mol. The zero-order chi connectivity index (χ0) is 13.1. The van der Waals surface area contributed by atoms with Crippen molar-refractivity contribution in [1.29, 1.82) is 0 Å². The summed E-state index contributed by atoms with van der Waals surface area (Å²) in [6.45, 7) is 5.47. The highest BCUT2D eigenvalue weighted by molar-refractivity contribution is 9.13. The molecule has 0 spiro atoms. The molecule has 0 amide bonds. The summed E-state index contributed by atoms with van der Waals surface area (Å²) in [4.78, 5) is 2.52. The van der Waals surface area contributed by atoms with E-state index in [2.05, 4.69) is 61.9 Å². The molecule has 1 aliphatic heterocycles. The lowest BCUT2D eigenvalue weighted by Crippen LogP contribution is -2.41. The molecular weight excluding hydrogens is 356 g/mol. The van der Waals surface area contributed by atoms with E-state index in [4.69, 9.17) is 5.73 Å². The van der Waals surface area contributed by atoms with Crippen molar-refractivity contribution < 1.29 is 0 Å². The van der Waals surface area contributed by atoms with E-state index < -0.39 is 0 Å². The molecule has 2 atom stereocenters. The van der Waals surface area contributed by atoms with E-state index in [0.29, 0.717) is 12.0 Å². The van der Waals surface area contributed by atoms with Crippen LogP contribution in [-0.4, -0.2) is 24.0 Å². The first-order chi connectivity index (χ1) is 8.56. The fourth-order valence-corrected chi connectivity index (χ4v) is 3.23. The molecule has 2 N–H and O–H groups in total. The molecule has 1 heterocycles. The third kappa shape index (κ3) is 3.80. The molecular formula is C14H20Br2N2. The van der Waals surface area contributed by atoms with E-state index >= 15 is 0 Å². The normalized spacial score (nSPS) is 23.0. The summed E-state index contributed by atoms with van der Waals surface area (Å²) < 4.78 is 2.24. The number of rotatable bonds is 3. The fourth-order valence-electron chi connectivity index (χ4n) is 2.56. The van der Waals surface area contributed by atoms with E-state index in [1.54, 1.807) is 0 Å². The van der Waals surface area contributed by atoms with Gasteiger partial charge in [0.2, 0.25) is 0 Å². The molecule has 0 aliphatic carbocycles. The van der Waals surface area contributed by atoms with Crippen molar-refractivity contribution in [1.82, 2.24) is 4.90 Å². The quantitative estimate of drug-likeness (QED) is 0.871. The van der Waals surface area contributed by atoms with Crippen LogP contribution in [0.4, 0.5) is 0 Å². The standard InChI is InChI=1S/C14H20Br2N2/c1-10(17)12-3-2-6-18(9-12)8-11-4-5-13(15)14(16)7-11/h4-5,7,10,12H,2-3,6,8-9,17H2,1H3. The Hall–Kier alpha value is 0.1000. The summed E-state index contributed by atoms with van der Waals surface area (Å²) >= 11 is 7.07. The van der Waals surface area contributed by atoms with E-state index in [0.717, 1.165) is 22.0 Å². The molecule has 2 rings (SSSR count). The van der Waals surface area contributed by atoms with Crippen molar-refractivity contribution >= 4 is 31.9 Å². The first-order valence-corrected chi connectivity index (χ1v) is 8.06. The molecule has 0 bridgehead atoms. The minimum atomic E-state index is 0.310. The van der Waals surface area contributed by atoms with Crippen LogP contribution in [0, 0.1) is 5.92 Å². The topological polar surface area (TPSA) is 29.3 Å². The van der Waals surface area contributed by atoms with Gasteiger partial charge in [0, 0.05) is 28.1 Å². The van der Waals surface area contributed by atoms with Gasteiger partial charge in [0.15, 0.2) is 0 Å². The number of likely N-dealkylation sites (tertiary alicyclic amines) is 1. The average Bonchev–Trinajstić information content (AvgIpc) is 2.34. The first kappa shape index (κ1) is 14.5. The number of benzene rings is 1. The summed E-state index contributed by atoms with van der Waals surface area (Å²) in [6, 6.07) is 6.79. The van der Waals surface area contributed by atoms with Crippen LogP contribution in [0.2, 0.25) is 0 Å². The van der Waals surface area contributed by atoms with Crippen molar-refractivity contribution in [3.8, 4) is 0 Å². The SMILES string of the molecule is CC(N)C1CCCN(Cc2ccc(Br)c(Br)c2)C1. The van der Waals surface area contributed by atoms with Gasteiger partial charge in [-0.1, -0.05) is 6.07 Å². The number of hydrogen-bond donors (Lipinski definition) is 1. The number of halogens is 2. The first-order valence-electron chi connectivity index (χ1n) is 6.48. The second-order valence-corrected chi connectivity index (χ2v) is 6.95. The van der Waals surface area contributed by atoms with Crippen molar-refractivity contribution in [2.45, 2.75) is 32.4 Å². The molecule has 0 aromatic heterocycles. The molecule has 18 heavy (non-hydrogen) atoms. The Kier molecular flexibility index (Phi) is 5.24. The lowest BCUT2D eigenvalue weighted by Gasteiger charge is -2.34. The van der Waals surface area contributed by atoms with E-state index in [-0.39, 0.29) is 0 Å². The molecule has 4 heteroatoms. The molecule has 0 radical (unpaired) electrons. The van der Waals surface area contributed by atoms with Crippen molar-refractivity contribution in [3.05, 3.63) is 32.7 Å². The lowest BCUT2D eigenvalue weighted by atomic mass is 9.92. The minimum absolute atomic E-state index is 0.310. The van der Waals surface area contributed by atoms with Gasteiger partial charge in [-0.3, -0.25) is 4.90 Å². The van der Waals surface area contributed by atoms with Gasteiger partial charge in [-0.25, -0.2) is 0 Å². The van der Waals surface area contributed by atoms with Gasteiger partial charge in [0.25, 0.3) is 0 Å². The maximum absolute atomic E-state index is 6.03. The molecule has 1 aliphatic rings. The zero-order valence-electron chi connectivity index (χ0n) is 10.7. The second-order valence-electron chi connectivity index (χ2n) is 5.25. The Morgan fingerprint density at radius 2 is 2.17 bits per heavy atom. The maximum Gasteiger partial charge on any atom is 0.0320 e. The second kappa shape index (κ2) is 6.51. The number of nitrogens with zero attached hydrogens (tertiary/aromatic N) is 1. The molecule has 1 fully saturated rings. The van der Waals surface area contributed by atoms with Gasteiger partial charge in [-0.15, -0.1) is 0 Å². The van der Waals surface area contributed by atoms with Gasteiger partial charge in [0.1, 0.15) is 0 Å². The van der Waals surface area contributed by atoms with Gasteiger partial charge in [-0.05, 0) is 81.8 Å². The third-order valence-electron chi connectivity index (χ3n) is 3.68. The Labute approximate surface area is 126 Å². The van der Waals surface area contributed by atoms with Gasteiger partial charge in [0.05, 0.1) is 0 Å². The van der Waals surface area contributed by atoms with E-state index in [9.17, 15) is 0 Å². The molecule has 1 aromatic rings. The highest BCUT2D eigenvalue weighted by Gasteiger charge is 2.22. The highest BCUT2D eigenvalue weighted by Crippen LogP contribution is 2.26. The summed E-state index contributed by atoms with van der Waals surface area (Å²) in [5.41, 5.74) is 7.38. The van der Waals surface area contributed by atoms with Crippen molar-refractivity contribution in [2.24, 2.45) is 11.7 Å². The van der Waals surface area contributed by atoms with Crippen LogP contribution < -0.4 is 5.73 Å². The highest BCUT2D eigenvalue weighted by atomic mass is 79.9. The Balaban J connectivity index is 1.98. The minimum Gasteiger partial charge on any atom is -0.328 e. The van der Waals surface area contributed by atoms with Crippen LogP contribution in [0.3, 0.4) is 0 Å². The molecule has 0 saturated carbocycles. The summed E-state index contributed by atoms with van der Waals surface area (Å²) in [6.07, 6.45) is 2.54. The van der Waals surface area contributed by atoms with Crippen LogP contribution in [-0.2, 0) is 6.54 Å². The van der Waals surface area contributed by atoms with Gasteiger partial charge < -0.3 is 5.73 Å². The molecule has 2 nitrogen and oxygen atoms in total. The molecule has 1 aromatic carbocycles. The molecule has 1 saturated heterocycles. The maximum atomic E-state index is 6.03. The largest absolute Gasteiger partial charge is 0.328 e. The predicted molar refractivity (Wildman–Crippen MR) is 83.5 cm³/mol. The van der Waals surface area contributed by atoms with E-state index in [1.165, 1.54) is 24.9 Å². The predicted octanol–water partition coefficient (Wildman–Crippen LogP) is 3.77. The van der Waals surface area contributed by atoms with Crippen LogP contribution >= 0.6 is 31.9 Å². The number of nitrogens with two attached hydrogens (primary N) is 1. The zero-order valence-corrected chi connectivity index (χ0v) is 13.9. The molecule has 2 unspecified atom stereocenters. The van der Waals surface area contributed by atoms with E-state index in [1.807, 2.05) is 0 Å². The summed E-state index contributed by atoms with van der Waals surface area (Å²) in [5, 5.41) is 0. The smallest absolute Gasteiger partial charge is 0.0320 e. The van der Waals surface area contributed by atoms with Crippen LogP contribution in [0.5, 0.6) is 0 Å². The number of hydrogen-bond acceptors (Lipinski definition) is 2. The number of piperidine rings is 1. The Bertz CT molecular complexity index is 407. The molecule has 100 valence electrons. The van der Waals surface area contributed by atoms with Crippen LogP contribution in [0.15, 0.2) is 27.1 Å². The third-order valence-corrected chi connectivity index (χ3v) is 5.56.